The van der Waals surface area contributed by atoms with Crippen molar-refractivity contribution in [2.45, 2.75) is 20.3 Å². The second-order valence-corrected chi connectivity index (χ2v) is 4.13. The van der Waals surface area contributed by atoms with E-state index in [9.17, 15) is 4.79 Å². The van der Waals surface area contributed by atoms with Gasteiger partial charge in [-0.25, -0.2) is 4.98 Å². The number of nitrogens with one attached hydrogen (secondary N) is 1. The van der Waals surface area contributed by atoms with Crippen LogP contribution in [0.1, 0.15) is 20.3 Å². The molecule has 0 aromatic carbocycles. The van der Waals surface area contributed by atoms with Crippen molar-refractivity contribution in [1.29, 1.82) is 0 Å². The van der Waals surface area contributed by atoms with Crippen LogP contribution in [0.3, 0.4) is 0 Å². The van der Waals surface area contributed by atoms with E-state index < -0.39 is 0 Å². The number of hydrogen-bond acceptors (Lipinski definition) is 2. The molecule has 1 aromatic rings. The number of amides is 1. The SMILES string of the molecule is CC[C@H](C)C(=O)Nc1ncc(Cl)cc1Cl. The zero-order valence-corrected chi connectivity index (χ0v) is 10.1. The first-order valence-corrected chi connectivity index (χ1v) is 5.42. The van der Waals surface area contributed by atoms with Crippen molar-refractivity contribution in [3.05, 3.63) is 22.3 Å². The Balaban J connectivity index is 2.77. The number of pyridine rings is 1. The number of carbonyl (C=O) groups excluding carboxylic acids is 1. The summed E-state index contributed by atoms with van der Waals surface area (Å²) in [6.07, 6.45) is 2.22. The molecular formula is C10H12Cl2N2O. The third kappa shape index (κ3) is 3.36. The Morgan fingerprint density at radius 1 is 1.60 bits per heavy atom. The van der Waals surface area contributed by atoms with E-state index in [1.165, 1.54) is 6.20 Å². The van der Waals surface area contributed by atoms with Crippen molar-refractivity contribution in [3.63, 3.8) is 0 Å². The van der Waals surface area contributed by atoms with Gasteiger partial charge in [0.2, 0.25) is 5.91 Å². The van der Waals surface area contributed by atoms with Gasteiger partial charge in [0.1, 0.15) is 0 Å². The van der Waals surface area contributed by atoms with E-state index >= 15 is 0 Å². The van der Waals surface area contributed by atoms with Crippen LogP contribution in [0.25, 0.3) is 0 Å². The number of carbonyl (C=O) groups is 1. The second kappa shape index (κ2) is 5.33. The van der Waals surface area contributed by atoms with Gasteiger partial charge in [0.25, 0.3) is 0 Å². The van der Waals surface area contributed by atoms with Gasteiger partial charge in [-0.05, 0) is 12.5 Å². The summed E-state index contributed by atoms with van der Waals surface area (Å²) in [7, 11) is 0. The van der Waals surface area contributed by atoms with E-state index in [2.05, 4.69) is 10.3 Å². The topological polar surface area (TPSA) is 42.0 Å². The first-order chi connectivity index (χ1) is 7.04. The fourth-order valence-corrected chi connectivity index (χ4v) is 1.36. The summed E-state index contributed by atoms with van der Waals surface area (Å²) < 4.78 is 0. The van der Waals surface area contributed by atoms with Crippen molar-refractivity contribution in [3.8, 4) is 0 Å². The number of hydrogen-bond donors (Lipinski definition) is 1. The molecule has 1 atom stereocenters. The Morgan fingerprint density at radius 2 is 2.27 bits per heavy atom. The molecule has 82 valence electrons. The first-order valence-electron chi connectivity index (χ1n) is 4.66. The lowest BCUT2D eigenvalue weighted by molar-refractivity contribution is -0.119. The maximum atomic E-state index is 11.5. The molecule has 15 heavy (non-hydrogen) atoms. The normalized spacial score (nSPS) is 12.3. The third-order valence-electron chi connectivity index (χ3n) is 2.11. The minimum Gasteiger partial charge on any atom is -0.309 e. The Kier molecular flexibility index (Phi) is 4.36. The fourth-order valence-electron chi connectivity index (χ4n) is 0.932. The van der Waals surface area contributed by atoms with Crippen molar-refractivity contribution in [1.82, 2.24) is 4.98 Å². The lowest BCUT2D eigenvalue weighted by atomic mass is 10.1. The molecule has 0 fully saturated rings. The predicted molar refractivity (Wildman–Crippen MR) is 62.3 cm³/mol. The van der Waals surface area contributed by atoms with Gasteiger partial charge in [-0.2, -0.15) is 0 Å². The average molecular weight is 247 g/mol. The van der Waals surface area contributed by atoms with Crippen LogP contribution in [0.15, 0.2) is 12.3 Å². The summed E-state index contributed by atoms with van der Waals surface area (Å²) in [5.41, 5.74) is 0. The Morgan fingerprint density at radius 3 is 2.80 bits per heavy atom. The van der Waals surface area contributed by atoms with Gasteiger partial charge in [0.05, 0.1) is 10.0 Å². The van der Waals surface area contributed by atoms with Crippen molar-refractivity contribution < 1.29 is 4.79 Å². The van der Waals surface area contributed by atoms with E-state index in [0.717, 1.165) is 6.42 Å². The van der Waals surface area contributed by atoms with E-state index in [0.29, 0.717) is 15.9 Å². The van der Waals surface area contributed by atoms with Gasteiger partial charge in [-0.3, -0.25) is 4.79 Å². The number of nitrogens with zero attached hydrogens (tertiary/aromatic N) is 1. The Hall–Kier alpha value is -0.800. The minimum atomic E-state index is -0.0887. The molecule has 1 aromatic heterocycles. The van der Waals surface area contributed by atoms with Crippen LogP contribution in [0.5, 0.6) is 0 Å². The Labute approximate surface area is 98.8 Å². The van der Waals surface area contributed by atoms with Gasteiger partial charge < -0.3 is 5.32 Å². The van der Waals surface area contributed by atoms with Crippen LogP contribution in [0.2, 0.25) is 10.0 Å². The van der Waals surface area contributed by atoms with Crippen molar-refractivity contribution in [2.24, 2.45) is 5.92 Å². The van der Waals surface area contributed by atoms with Gasteiger partial charge in [0.15, 0.2) is 5.82 Å². The highest BCUT2D eigenvalue weighted by Gasteiger charge is 2.12. The standard InChI is InChI=1S/C10H12Cl2N2O/c1-3-6(2)10(15)14-9-8(12)4-7(11)5-13-9/h4-6H,3H2,1-2H3,(H,13,14,15)/t6-/m0/s1. The summed E-state index contributed by atoms with van der Waals surface area (Å²) in [6.45, 7) is 3.79. The maximum absolute atomic E-state index is 11.5. The molecule has 0 radical (unpaired) electrons. The number of anilines is 1. The summed E-state index contributed by atoms with van der Waals surface area (Å²) in [5.74, 6) is 0.208. The molecule has 1 amide bonds. The largest absolute Gasteiger partial charge is 0.309 e. The molecule has 0 aliphatic rings. The van der Waals surface area contributed by atoms with Crippen LogP contribution in [0, 0.1) is 5.92 Å². The highest BCUT2D eigenvalue weighted by molar-refractivity contribution is 6.36. The van der Waals surface area contributed by atoms with Crippen LogP contribution in [-0.4, -0.2) is 10.9 Å². The highest BCUT2D eigenvalue weighted by Crippen LogP contribution is 2.23. The van der Waals surface area contributed by atoms with Gasteiger partial charge in [-0.15, -0.1) is 0 Å². The molecule has 0 aliphatic heterocycles. The molecule has 5 heteroatoms. The quantitative estimate of drug-likeness (QED) is 0.889. The number of halogens is 2. The van der Waals surface area contributed by atoms with Gasteiger partial charge >= 0.3 is 0 Å². The summed E-state index contributed by atoms with van der Waals surface area (Å²) in [6, 6.07) is 1.54. The smallest absolute Gasteiger partial charge is 0.228 e. The molecule has 0 unspecified atom stereocenters. The van der Waals surface area contributed by atoms with E-state index in [4.69, 9.17) is 23.2 Å². The minimum absolute atomic E-state index is 0.0569. The monoisotopic (exact) mass is 246 g/mol. The summed E-state index contributed by atoms with van der Waals surface area (Å²) >= 11 is 11.5. The fraction of sp³-hybridized carbons (Fsp3) is 0.400. The molecule has 0 bridgehead atoms. The van der Waals surface area contributed by atoms with E-state index in [1.807, 2.05) is 13.8 Å². The molecule has 1 rings (SSSR count). The highest BCUT2D eigenvalue weighted by atomic mass is 35.5. The number of rotatable bonds is 3. The molecule has 0 saturated heterocycles. The second-order valence-electron chi connectivity index (χ2n) is 3.28. The molecule has 1 heterocycles. The molecule has 0 spiro atoms. The van der Waals surface area contributed by atoms with Crippen molar-refractivity contribution >= 4 is 34.9 Å². The molecule has 0 saturated carbocycles. The first kappa shape index (κ1) is 12.3. The van der Waals surface area contributed by atoms with Gasteiger partial charge in [0, 0.05) is 12.1 Å². The van der Waals surface area contributed by atoms with Crippen LogP contribution in [0.4, 0.5) is 5.82 Å². The van der Waals surface area contributed by atoms with E-state index in [-0.39, 0.29) is 11.8 Å². The molecule has 1 N–H and O–H groups in total. The third-order valence-corrected chi connectivity index (χ3v) is 2.60. The maximum Gasteiger partial charge on any atom is 0.228 e. The lowest BCUT2D eigenvalue weighted by Crippen LogP contribution is -2.20. The molecule has 3 nitrogen and oxygen atoms in total. The van der Waals surface area contributed by atoms with Crippen LogP contribution < -0.4 is 5.32 Å². The zero-order valence-electron chi connectivity index (χ0n) is 8.55. The molecule has 0 aliphatic carbocycles. The number of aromatic nitrogens is 1. The Bertz CT molecular complexity index is 368. The van der Waals surface area contributed by atoms with Crippen LogP contribution in [-0.2, 0) is 4.79 Å². The summed E-state index contributed by atoms with van der Waals surface area (Å²) in [5, 5.41) is 3.44. The molecular weight excluding hydrogens is 235 g/mol. The summed E-state index contributed by atoms with van der Waals surface area (Å²) in [4.78, 5) is 15.5. The van der Waals surface area contributed by atoms with Gasteiger partial charge in [-0.1, -0.05) is 37.0 Å². The van der Waals surface area contributed by atoms with Crippen molar-refractivity contribution in [2.75, 3.05) is 5.32 Å². The predicted octanol–water partition coefficient (Wildman–Crippen LogP) is 3.37. The van der Waals surface area contributed by atoms with E-state index in [1.54, 1.807) is 6.07 Å². The lowest BCUT2D eigenvalue weighted by Gasteiger charge is -2.10. The zero-order chi connectivity index (χ0) is 11.4. The van der Waals surface area contributed by atoms with Crippen LogP contribution >= 0.6 is 23.2 Å². The average Bonchev–Trinajstić information content (AvgIpc) is 2.20.